The molecule has 0 aliphatic carbocycles. The van der Waals surface area contributed by atoms with E-state index in [1.165, 1.54) is 12.0 Å². The van der Waals surface area contributed by atoms with Crippen molar-refractivity contribution in [2.75, 3.05) is 26.8 Å². The lowest BCUT2D eigenvalue weighted by Crippen LogP contribution is -2.52. The Morgan fingerprint density at radius 2 is 2.17 bits per heavy atom. The molecular formula is C14H18F3N3O4. The number of nitrogens with zero attached hydrogens (tertiary/aromatic N) is 3. The Kier molecular flexibility index (Phi) is 5.16. The summed E-state index contributed by atoms with van der Waals surface area (Å²) < 4.78 is 43.4. The predicted octanol–water partition coefficient (Wildman–Crippen LogP) is 1.24. The summed E-state index contributed by atoms with van der Waals surface area (Å²) in [6.45, 7) is -0.0990. The third kappa shape index (κ3) is 3.86. The van der Waals surface area contributed by atoms with Gasteiger partial charge in [0.05, 0.1) is 6.61 Å². The number of aromatic nitrogens is 2. The molecule has 2 rings (SSSR count). The van der Waals surface area contributed by atoms with Gasteiger partial charge in [-0.3, -0.25) is 14.3 Å². The molecule has 1 saturated heterocycles. The minimum absolute atomic E-state index is 0.0356. The van der Waals surface area contributed by atoms with E-state index < -0.39 is 29.2 Å². The number of methoxy groups -OCH3 is 1. The smallest absolute Gasteiger partial charge is 0.435 e. The van der Waals surface area contributed by atoms with Crippen LogP contribution >= 0.6 is 0 Å². The van der Waals surface area contributed by atoms with Gasteiger partial charge >= 0.3 is 12.1 Å². The first-order valence-corrected chi connectivity index (χ1v) is 7.29. The van der Waals surface area contributed by atoms with Crippen LogP contribution in [0.3, 0.4) is 0 Å². The van der Waals surface area contributed by atoms with Gasteiger partial charge in [-0.05, 0) is 18.9 Å². The third-order valence-corrected chi connectivity index (χ3v) is 4.03. The second kappa shape index (κ2) is 6.80. The molecule has 1 amide bonds. The van der Waals surface area contributed by atoms with Crippen LogP contribution in [0, 0.1) is 5.41 Å². The molecule has 0 bridgehead atoms. The molecule has 1 aliphatic rings. The number of ether oxygens (including phenoxy) is 1. The quantitative estimate of drug-likeness (QED) is 0.865. The van der Waals surface area contributed by atoms with Crippen LogP contribution in [-0.4, -0.2) is 58.5 Å². The van der Waals surface area contributed by atoms with E-state index in [9.17, 15) is 27.9 Å². The number of carbonyl (C=O) groups excluding carboxylic acids is 1. The molecule has 1 N–H and O–H groups in total. The summed E-state index contributed by atoms with van der Waals surface area (Å²) in [5.41, 5.74) is -2.27. The fraction of sp³-hybridized carbons (Fsp3) is 0.643. The van der Waals surface area contributed by atoms with Gasteiger partial charge in [-0.25, -0.2) is 0 Å². The highest BCUT2D eigenvalue weighted by molar-refractivity contribution is 5.79. The molecule has 0 unspecified atom stereocenters. The molecule has 10 heteroatoms. The van der Waals surface area contributed by atoms with Gasteiger partial charge in [0.25, 0.3) is 0 Å². The second-order valence-electron chi connectivity index (χ2n) is 5.83. The number of carboxylic acids is 1. The van der Waals surface area contributed by atoms with E-state index in [0.29, 0.717) is 19.4 Å². The summed E-state index contributed by atoms with van der Waals surface area (Å²) in [5, 5.41) is 12.8. The normalized spacial score (nSPS) is 21.8. The zero-order valence-electron chi connectivity index (χ0n) is 13.0. The number of hydrogen-bond donors (Lipinski definition) is 1. The Morgan fingerprint density at radius 3 is 2.71 bits per heavy atom. The number of piperidine rings is 1. The molecule has 134 valence electrons. The van der Waals surface area contributed by atoms with E-state index in [1.807, 2.05) is 0 Å². The molecule has 1 aromatic rings. The van der Waals surface area contributed by atoms with E-state index in [4.69, 9.17) is 4.74 Å². The van der Waals surface area contributed by atoms with E-state index in [-0.39, 0.29) is 19.7 Å². The van der Waals surface area contributed by atoms with Gasteiger partial charge in [0.1, 0.15) is 12.0 Å². The summed E-state index contributed by atoms with van der Waals surface area (Å²) in [7, 11) is 1.38. The standard InChI is InChI=1S/C14H18F3N3O4/c1-24-9-13(12(22)23)4-2-5-19(8-13)11(21)7-20-6-3-10(18-20)14(15,16)17/h3,6H,2,4-5,7-9H2,1H3,(H,22,23)/t13-/m1/s1. The molecule has 1 atom stereocenters. The van der Waals surface area contributed by atoms with Crippen LogP contribution in [0.15, 0.2) is 12.3 Å². The maximum absolute atomic E-state index is 12.5. The van der Waals surface area contributed by atoms with Crippen LogP contribution in [0.5, 0.6) is 0 Å². The highest BCUT2D eigenvalue weighted by Gasteiger charge is 2.44. The van der Waals surface area contributed by atoms with Crippen molar-refractivity contribution >= 4 is 11.9 Å². The van der Waals surface area contributed by atoms with Gasteiger partial charge in [-0.15, -0.1) is 0 Å². The molecule has 0 aromatic carbocycles. The molecule has 1 aliphatic heterocycles. The van der Waals surface area contributed by atoms with E-state index in [2.05, 4.69) is 5.10 Å². The first-order valence-electron chi connectivity index (χ1n) is 7.29. The van der Waals surface area contributed by atoms with Crippen LogP contribution in [0.25, 0.3) is 0 Å². The number of halogens is 3. The maximum atomic E-state index is 12.5. The van der Waals surface area contributed by atoms with Crippen LogP contribution < -0.4 is 0 Å². The lowest BCUT2D eigenvalue weighted by molar-refractivity contribution is -0.159. The van der Waals surface area contributed by atoms with E-state index >= 15 is 0 Å². The minimum atomic E-state index is -4.57. The molecule has 1 aromatic heterocycles. The van der Waals surface area contributed by atoms with Crippen LogP contribution in [0.1, 0.15) is 18.5 Å². The number of likely N-dealkylation sites (tertiary alicyclic amines) is 1. The molecule has 0 radical (unpaired) electrons. The van der Waals surface area contributed by atoms with E-state index in [1.54, 1.807) is 0 Å². The molecule has 0 saturated carbocycles. The largest absolute Gasteiger partial charge is 0.481 e. The molecular weight excluding hydrogens is 331 g/mol. The van der Waals surface area contributed by atoms with Crippen molar-refractivity contribution in [1.29, 1.82) is 0 Å². The average molecular weight is 349 g/mol. The highest BCUT2D eigenvalue weighted by Crippen LogP contribution is 2.31. The highest BCUT2D eigenvalue weighted by atomic mass is 19.4. The van der Waals surface area contributed by atoms with Gasteiger partial charge in [0.15, 0.2) is 5.69 Å². The van der Waals surface area contributed by atoms with Gasteiger partial charge in [0.2, 0.25) is 5.91 Å². The Bertz CT molecular complexity index is 613. The van der Waals surface area contributed by atoms with Crippen molar-refractivity contribution in [2.24, 2.45) is 5.41 Å². The first-order chi connectivity index (χ1) is 11.2. The van der Waals surface area contributed by atoms with Crippen LogP contribution in [0.2, 0.25) is 0 Å². The van der Waals surface area contributed by atoms with Crippen molar-refractivity contribution in [3.8, 4) is 0 Å². The maximum Gasteiger partial charge on any atom is 0.435 e. The third-order valence-electron chi connectivity index (χ3n) is 4.03. The van der Waals surface area contributed by atoms with Crippen molar-refractivity contribution in [2.45, 2.75) is 25.6 Å². The predicted molar refractivity (Wildman–Crippen MR) is 75.0 cm³/mol. The number of hydrogen-bond acceptors (Lipinski definition) is 4. The van der Waals surface area contributed by atoms with Gasteiger partial charge in [-0.1, -0.05) is 0 Å². The Morgan fingerprint density at radius 1 is 1.46 bits per heavy atom. The summed E-state index contributed by atoms with van der Waals surface area (Å²) in [4.78, 5) is 25.2. The van der Waals surface area contributed by atoms with Crippen molar-refractivity contribution in [1.82, 2.24) is 14.7 Å². The lowest BCUT2D eigenvalue weighted by atomic mass is 9.80. The monoisotopic (exact) mass is 349 g/mol. The van der Waals surface area contributed by atoms with Crippen LogP contribution in [0.4, 0.5) is 13.2 Å². The fourth-order valence-corrected chi connectivity index (χ4v) is 2.81. The van der Waals surface area contributed by atoms with Gasteiger partial charge in [-0.2, -0.15) is 18.3 Å². The Balaban J connectivity index is 2.06. The van der Waals surface area contributed by atoms with Crippen molar-refractivity contribution in [3.63, 3.8) is 0 Å². The van der Waals surface area contributed by atoms with Gasteiger partial charge in [0, 0.05) is 26.4 Å². The summed E-state index contributed by atoms with van der Waals surface area (Å²) in [6.07, 6.45) is -2.64. The van der Waals surface area contributed by atoms with Crippen LogP contribution in [-0.2, 0) is 27.0 Å². The number of amides is 1. The first kappa shape index (κ1) is 18.2. The number of carbonyl (C=O) groups is 2. The minimum Gasteiger partial charge on any atom is -0.481 e. The topological polar surface area (TPSA) is 84.7 Å². The molecule has 2 heterocycles. The Labute approximate surface area is 136 Å². The number of carboxylic acid groups (broad SMARTS) is 1. The molecule has 1 fully saturated rings. The molecule has 24 heavy (non-hydrogen) atoms. The number of alkyl halides is 3. The average Bonchev–Trinajstić information content (AvgIpc) is 2.96. The Hall–Kier alpha value is -2.10. The lowest BCUT2D eigenvalue weighted by Gasteiger charge is -2.39. The summed E-state index contributed by atoms with van der Waals surface area (Å²) in [5.74, 6) is -1.53. The van der Waals surface area contributed by atoms with Gasteiger partial charge < -0.3 is 14.7 Å². The zero-order valence-corrected chi connectivity index (χ0v) is 13.0. The second-order valence-corrected chi connectivity index (χ2v) is 5.83. The zero-order chi connectivity index (χ0) is 18.0. The fourth-order valence-electron chi connectivity index (χ4n) is 2.81. The molecule has 0 spiro atoms. The summed E-state index contributed by atoms with van der Waals surface area (Å²) >= 11 is 0. The van der Waals surface area contributed by atoms with E-state index in [0.717, 1.165) is 16.9 Å². The van der Waals surface area contributed by atoms with Crippen molar-refractivity contribution in [3.05, 3.63) is 18.0 Å². The number of rotatable bonds is 5. The van der Waals surface area contributed by atoms with Crippen molar-refractivity contribution < 1.29 is 32.6 Å². The SMILES string of the molecule is COC[C@@]1(C(=O)O)CCCN(C(=O)Cn2ccc(C(F)(F)F)n2)C1. The summed E-state index contributed by atoms with van der Waals surface area (Å²) in [6, 6.07) is 0.788. The number of aliphatic carboxylic acids is 1. The molecule has 7 nitrogen and oxygen atoms in total.